The number of hydrogen-bond donors (Lipinski definition) is 0. The van der Waals surface area contributed by atoms with E-state index in [1.54, 1.807) is 12.3 Å². The Bertz CT molecular complexity index is 660. The molecule has 2 rings (SSSR count). The van der Waals surface area contributed by atoms with Gasteiger partial charge in [-0.25, -0.2) is 0 Å². The summed E-state index contributed by atoms with van der Waals surface area (Å²) >= 11 is 0. The molecule has 0 saturated heterocycles. The van der Waals surface area contributed by atoms with Gasteiger partial charge in [0.1, 0.15) is 12.4 Å². The van der Waals surface area contributed by atoms with Crippen molar-refractivity contribution >= 4 is 6.21 Å². The first kappa shape index (κ1) is 14.6. The highest BCUT2D eigenvalue weighted by Gasteiger charge is 2.01. The summed E-state index contributed by atoms with van der Waals surface area (Å²) in [6.45, 7) is 2.79. The summed E-state index contributed by atoms with van der Waals surface area (Å²) in [5.74, 6) is 0.768. The molecule has 2 aromatic rings. The van der Waals surface area contributed by atoms with Crippen LogP contribution in [0.15, 0.2) is 53.7 Å². The van der Waals surface area contributed by atoms with Gasteiger partial charge < -0.3 is 9.57 Å². The second-order valence-electron chi connectivity index (χ2n) is 4.25. The highest BCUT2D eigenvalue weighted by molar-refractivity contribution is 5.83. The van der Waals surface area contributed by atoms with Crippen LogP contribution in [0.5, 0.6) is 5.75 Å². The number of nitrogens with zero attached hydrogens (tertiary/aromatic N) is 2. The highest BCUT2D eigenvalue weighted by atomic mass is 16.6. The highest BCUT2D eigenvalue weighted by Crippen LogP contribution is 2.16. The lowest BCUT2D eigenvalue weighted by molar-refractivity contribution is 0.132. The van der Waals surface area contributed by atoms with Crippen molar-refractivity contribution in [3.05, 3.63) is 65.2 Å². The van der Waals surface area contributed by atoms with Gasteiger partial charge in [0.05, 0.1) is 24.5 Å². The average molecular weight is 280 g/mol. The van der Waals surface area contributed by atoms with Gasteiger partial charge in [-0.3, -0.25) is 0 Å². The minimum Gasteiger partial charge on any atom is -0.493 e. The summed E-state index contributed by atoms with van der Waals surface area (Å²) in [5, 5.41) is 12.9. The summed E-state index contributed by atoms with van der Waals surface area (Å²) in [7, 11) is 0. The van der Waals surface area contributed by atoms with E-state index in [1.807, 2.05) is 49.4 Å². The van der Waals surface area contributed by atoms with E-state index in [0.717, 1.165) is 16.9 Å². The van der Waals surface area contributed by atoms with Gasteiger partial charge in [0.15, 0.2) is 0 Å². The molecule has 2 aromatic carbocycles. The van der Waals surface area contributed by atoms with E-state index in [0.29, 0.717) is 12.2 Å². The Hall–Kier alpha value is -2.80. The molecule has 0 spiro atoms. The van der Waals surface area contributed by atoms with Crippen LogP contribution in [0.2, 0.25) is 0 Å². The number of rotatable bonds is 6. The fourth-order valence-electron chi connectivity index (χ4n) is 1.83. The lowest BCUT2D eigenvalue weighted by Crippen LogP contribution is -1.96. The largest absolute Gasteiger partial charge is 0.493 e. The smallest absolute Gasteiger partial charge is 0.143 e. The van der Waals surface area contributed by atoms with E-state index >= 15 is 0 Å². The zero-order valence-electron chi connectivity index (χ0n) is 11.8. The van der Waals surface area contributed by atoms with Crippen LogP contribution < -0.4 is 4.74 Å². The lowest BCUT2D eigenvalue weighted by Gasteiger charge is -2.06. The Morgan fingerprint density at radius 2 is 1.90 bits per heavy atom. The zero-order chi connectivity index (χ0) is 14.9. The van der Waals surface area contributed by atoms with E-state index in [9.17, 15) is 0 Å². The van der Waals surface area contributed by atoms with Gasteiger partial charge in [-0.05, 0) is 25.1 Å². The molecule has 0 heterocycles. The van der Waals surface area contributed by atoms with Gasteiger partial charge in [-0.2, -0.15) is 5.26 Å². The molecule has 0 N–H and O–H groups in total. The number of para-hydroxylation sites is 1. The van der Waals surface area contributed by atoms with E-state index in [4.69, 9.17) is 14.8 Å². The molecular weight excluding hydrogens is 264 g/mol. The average Bonchev–Trinajstić information content (AvgIpc) is 2.53. The SMILES string of the molecule is CCOc1ccccc1/C=N\OCc1ccccc1C#N. The molecule has 0 aliphatic heterocycles. The van der Waals surface area contributed by atoms with Crippen molar-refractivity contribution < 1.29 is 9.57 Å². The maximum absolute atomic E-state index is 8.99. The van der Waals surface area contributed by atoms with Crippen molar-refractivity contribution in [1.29, 1.82) is 5.26 Å². The number of ether oxygens (including phenoxy) is 1. The van der Waals surface area contributed by atoms with Gasteiger partial charge in [0.2, 0.25) is 0 Å². The third-order valence-electron chi connectivity index (χ3n) is 2.84. The number of benzene rings is 2. The van der Waals surface area contributed by atoms with Crippen LogP contribution in [0.1, 0.15) is 23.6 Å². The fourth-order valence-corrected chi connectivity index (χ4v) is 1.83. The van der Waals surface area contributed by atoms with E-state index in [-0.39, 0.29) is 6.61 Å². The summed E-state index contributed by atoms with van der Waals surface area (Å²) in [4.78, 5) is 5.26. The lowest BCUT2D eigenvalue weighted by atomic mass is 10.1. The maximum atomic E-state index is 8.99. The van der Waals surface area contributed by atoms with Crippen LogP contribution in [-0.2, 0) is 11.4 Å². The monoisotopic (exact) mass is 280 g/mol. The van der Waals surface area contributed by atoms with Crippen LogP contribution in [0, 0.1) is 11.3 Å². The molecule has 0 aromatic heterocycles. The van der Waals surface area contributed by atoms with Gasteiger partial charge >= 0.3 is 0 Å². The molecule has 0 atom stereocenters. The molecule has 21 heavy (non-hydrogen) atoms. The van der Waals surface area contributed by atoms with Crippen molar-refractivity contribution in [2.45, 2.75) is 13.5 Å². The molecule has 0 radical (unpaired) electrons. The predicted molar refractivity (Wildman–Crippen MR) is 81.2 cm³/mol. The Morgan fingerprint density at radius 3 is 2.71 bits per heavy atom. The molecular formula is C17H16N2O2. The van der Waals surface area contributed by atoms with Crippen molar-refractivity contribution in [2.75, 3.05) is 6.61 Å². The maximum Gasteiger partial charge on any atom is 0.143 e. The van der Waals surface area contributed by atoms with Crippen LogP contribution in [0.25, 0.3) is 0 Å². The molecule has 0 unspecified atom stereocenters. The topological polar surface area (TPSA) is 54.6 Å². The second kappa shape index (κ2) is 7.71. The molecule has 0 fully saturated rings. The van der Waals surface area contributed by atoms with Crippen molar-refractivity contribution in [3.8, 4) is 11.8 Å². The van der Waals surface area contributed by atoms with Gasteiger partial charge in [-0.1, -0.05) is 35.5 Å². The number of oxime groups is 1. The summed E-state index contributed by atoms with van der Waals surface area (Å²) in [6.07, 6.45) is 1.61. The normalized spacial score (nSPS) is 10.3. The van der Waals surface area contributed by atoms with E-state index < -0.39 is 0 Å². The molecule has 0 aliphatic carbocycles. The van der Waals surface area contributed by atoms with Gasteiger partial charge in [0.25, 0.3) is 0 Å². The zero-order valence-corrected chi connectivity index (χ0v) is 11.8. The van der Waals surface area contributed by atoms with Crippen LogP contribution in [0.4, 0.5) is 0 Å². The van der Waals surface area contributed by atoms with Crippen LogP contribution >= 0.6 is 0 Å². The Balaban J connectivity index is 1.99. The van der Waals surface area contributed by atoms with E-state index in [2.05, 4.69) is 11.2 Å². The minimum absolute atomic E-state index is 0.261. The summed E-state index contributed by atoms with van der Waals surface area (Å²) < 4.78 is 5.50. The predicted octanol–water partition coefficient (Wildman–Crippen LogP) is 3.51. The molecule has 4 nitrogen and oxygen atoms in total. The van der Waals surface area contributed by atoms with Crippen LogP contribution in [0.3, 0.4) is 0 Å². The molecule has 0 aliphatic rings. The van der Waals surface area contributed by atoms with Gasteiger partial charge in [0, 0.05) is 11.1 Å². The molecule has 106 valence electrons. The molecule has 0 amide bonds. The van der Waals surface area contributed by atoms with Gasteiger partial charge in [-0.15, -0.1) is 0 Å². The van der Waals surface area contributed by atoms with Crippen molar-refractivity contribution in [3.63, 3.8) is 0 Å². The minimum atomic E-state index is 0.261. The van der Waals surface area contributed by atoms with E-state index in [1.165, 1.54) is 0 Å². The first-order valence-electron chi connectivity index (χ1n) is 6.70. The first-order valence-corrected chi connectivity index (χ1v) is 6.70. The third-order valence-corrected chi connectivity index (χ3v) is 2.84. The van der Waals surface area contributed by atoms with Crippen LogP contribution in [-0.4, -0.2) is 12.8 Å². The Labute approximate surface area is 124 Å². The fraction of sp³-hybridized carbons (Fsp3) is 0.176. The molecule has 0 saturated carbocycles. The van der Waals surface area contributed by atoms with Crippen molar-refractivity contribution in [1.82, 2.24) is 0 Å². The third kappa shape index (κ3) is 4.08. The Morgan fingerprint density at radius 1 is 1.14 bits per heavy atom. The summed E-state index contributed by atoms with van der Waals surface area (Å²) in [5.41, 5.74) is 2.27. The quantitative estimate of drug-likeness (QED) is 0.601. The molecule has 0 bridgehead atoms. The number of hydrogen-bond acceptors (Lipinski definition) is 4. The summed E-state index contributed by atoms with van der Waals surface area (Å²) in [6, 6.07) is 17.0. The second-order valence-corrected chi connectivity index (χ2v) is 4.25. The van der Waals surface area contributed by atoms with Crippen molar-refractivity contribution in [2.24, 2.45) is 5.16 Å². The number of nitriles is 1. The standard InChI is InChI=1S/C17H16N2O2/c1-2-20-17-10-6-5-8-15(17)12-19-21-13-16-9-4-3-7-14(16)11-18/h3-10,12H,2,13H2,1H3/b19-12-. The first-order chi connectivity index (χ1) is 10.3. The Kier molecular flexibility index (Phi) is 5.36. The molecule has 4 heteroatoms.